The van der Waals surface area contributed by atoms with Gasteiger partial charge in [0.25, 0.3) is 0 Å². The van der Waals surface area contributed by atoms with Crippen molar-refractivity contribution in [3.8, 4) is 0 Å². The van der Waals surface area contributed by atoms with Crippen molar-refractivity contribution in [2.24, 2.45) is 0 Å². The van der Waals surface area contributed by atoms with E-state index in [1.54, 1.807) is 12.4 Å². The molecule has 1 aromatic heterocycles. The Morgan fingerprint density at radius 3 is 2.30 bits per heavy atom. The Kier molecular flexibility index (Phi) is 5.65. The SMILES string of the molecule is Cc1ccc(C(CBr)(CBr)Cc2ccncc2Cl)cc1. The average molecular weight is 418 g/mol. The van der Waals surface area contributed by atoms with E-state index in [1.165, 1.54) is 11.1 Å². The summed E-state index contributed by atoms with van der Waals surface area (Å²) in [5.41, 5.74) is 3.69. The highest BCUT2D eigenvalue weighted by Gasteiger charge is 2.31. The predicted octanol–water partition coefficient (Wildman–Crippen LogP) is 5.31. The topological polar surface area (TPSA) is 12.9 Å². The molecule has 1 nitrogen and oxygen atoms in total. The number of pyridine rings is 1. The molecule has 0 bridgehead atoms. The number of hydrogen-bond donors (Lipinski definition) is 0. The summed E-state index contributed by atoms with van der Waals surface area (Å²) in [5.74, 6) is 0. The molecule has 0 fully saturated rings. The third-order valence-electron chi connectivity index (χ3n) is 3.56. The molecule has 0 N–H and O–H groups in total. The maximum atomic E-state index is 6.26. The van der Waals surface area contributed by atoms with Crippen molar-refractivity contribution in [1.29, 1.82) is 0 Å². The predicted molar refractivity (Wildman–Crippen MR) is 93.4 cm³/mol. The van der Waals surface area contributed by atoms with E-state index in [4.69, 9.17) is 11.6 Å². The lowest BCUT2D eigenvalue weighted by Crippen LogP contribution is -2.33. The largest absolute Gasteiger partial charge is 0.263 e. The number of nitrogens with zero attached hydrogens (tertiary/aromatic N) is 1. The highest BCUT2D eigenvalue weighted by Crippen LogP contribution is 2.34. The summed E-state index contributed by atoms with van der Waals surface area (Å²) < 4.78 is 0. The van der Waals surface area contributed by atoms with Crippen LogP contribution < -0.4 is 0 Å². The Bertz CT molecular complexity index is 565. The number of aromatic nitrogens is 1. The zero-order valence-electron chi connectivity index (χ0n) is 11.2. The van der Waals surface area contributed by atoms with Crippen molar-refractivity contribution >= 4 is 43.5 Å². The van der Waals surface area contributed by atoms with Gasteiger partial charge in [-0.25, -0.2) is 0 Å². The van der Waals surface area contributed by atoms with Crippen LogP contribution in [-0.4, -0.2) is 15.6 Å². The molecule has 2 rings (SSSR count). The molecule has 4 heteroatoms. The first-order chi connectivity index (χ1) is 9.61. The van der Waals surface area contributed by atoms with Crippen LogP contribution >= 0.6 is 43.5 Å². The Morgan fingerprint density at radius 1 is 1.10 bits per heavy atom. The van der Waals surface area contributed by atoms with Gasteiger partial charge in [-0.3, -0.25) is 4.98 Å². The first kappa shape index (κ1) is 16.0. The maximum absolute atomic E-state index is 6.26. The van der Waals surface area contributed by atoms with Crippen molar-refractivity contribution in [2.45, 2.75) is 18.8 Å². The molecule has 0 unspecified atom stereocenters. The third kappa shape index (κ3) is 3.44. The van der Waals surface area contributed by atoms with Crippen molar-refractivity contribution < 1.29 is 0 Å². The second-order valence-electron chi connectivity index (χ2n) is 5.06. The Labute approximate surface area is 142 Å². The first-order valence-electron chi connectivity index (χ1n) is 6.39. The third-order valence-corrected chi connectivity index (χ3v) is 6.05. The van der Waals surface area contributed by atoms with Crippen LogP contribution in [0, 0.1) is 6.92 Å². The van der Waals surface area contributed by atoms with E-state index in [0.717, 1.165) is 27.7 Å². The zero-order valence-corrected chi connectivity index (χ0v) is 15.2. The smallest absolute Gasteiger partial charge is 0.0621 e. The molecule has 0 saturated carbocycles. The Balaban J connectivity index is 2.39. The molecule has 20 heavy (non-hydrogen) atoms. The van der Waals surface area contributed by atoms with Crippen molar-refractivity contribution in [2.75, 3.05) is 10.7 Å². The molecule has 0 atom stereocenters. The standard InChI is InChI=1S/C16H16Br2ClN/c1-12-2-4-14(5-3-12)16(10-17,11-18)8-13-6-7-20-9-15(13)19/h2-7,9H,8,10-11H2,1H3. The summed E-state index contributed by atoms with van der Waals surface area (Å²) in [5, 5.41) is 2.46. The van der Waals surface area contributed by atoms with E-state index in [9.17, 15) is 0 Å². The fourth-order valence-corrected chi connectivity index (χ4v) is 4.36. The fraction of sp³-hybridized carbons (Fsp3) is 0.312. The van der Waals surface area contributed by atoms with Crippen LogP contribution in [0.5, 0.6) is 0 Å². The number of aryl methyl sites for hydroxylation is 1. The second kappa shape index (κ2) is 7.06. The lowest BCUT2D eigenvalue weighted by Gasteiger charge is -2.31. The Hall–Kier alpha value is -0.380. The Morgan fingerprint density at radius 2 is 1.75 bits per heavy atom. The minimum absolute atomic E-state index is 0.0152. The van der Waals surface area contributed by atoms with Crippen LogP contribution in [0.3, 0.4) is 0 Å². The van der Waals surface area contributed by atoms with Crippen LogP contribution in [-0.2, 0) is 11.8 Å². The summed E-state index contributed by atoms with van der Waals surface area (Å²) >= 11 is 13.6. The van der Waals surface area contributed by atoms with E-state index in [0.29, 0.717) is 0 Å². The number of halogens is 3. The molecule has 0 saturated heterocycles. The fourth-order valence-electron chi connectivity index (χ4n) is 2.21. The molecule has 1 heterocycles. The van der Waals surface area contributed by atoms with Crippen molar-refractivity contribution in [1.82, 2.24) is 4.98 Å². The van der Waals surface area contributed by atoms with Crippen molar-refractivity contribution in [3.63, 3.8) is 0 Å². The molecule has 1 aromatic carbocycles. The summed E-state index contributed by atoms with van der Waals surface area (Å²) in [6.45, 7) is 2.10. The second-order valence-corrected chi connectivity index (χ2v) is 6.59. The number of benzene rings is 1. The minimum atomic E-state index is -0.0152. The monoisotopic (exact) mass is 415 g/mol. The molecule has 0 amide bonds. The molecule has 0 aliphatic rings. The highest BCUT2D eigenvalue weighted by molar-refractivity contribution is 9.09. The lowest BCUT2D eigenvalue weighted by molar-refractivity contribution is 0.551. The van der Waals surface area contributed by atoms with Gasteiger partial charge in [-0.05, 0) is 30.5 Å². The molecule has 2 aromatic rings. The van der Waals surface area contributed by atoms with E-state index >= 15 is 0 Å². The average Bonchev–Trinajstić information content (AvgIpc) is 2.48. The summed E-state index contributed by atoms with van der Waals surface area (Å²) in [4.78, 5) is 4.06. The van der Waals surface area contributed by atoms with Gasteiger partial charge in [0.2, 0.25) is 0 Å². The molecule has 106 valence electrons. The van der Waals surface area contributed by atoms with Crippen LogP contribution in [0.1, 0.15) is 16.7 Å². The van der Waals surface area contributed by atoms with Gasteiger partial charge in [-0.2, -0.15) is 0 Å². The van der Waals surface area contributed by atoms with E-state index in [-0.39, 0.29) is 5.41 Å². The maximum Gasteiger partial charge on any atom is 0.0621 e. The normalized spacial score (nSPS) is 11.6. The van der Waals surface area contributed by atoms with Gasteiger partial charge >= 0.3 is 0 Å². The molecule has 0 spiro atoms. The van der Waals surface area contributed by atoms with Crippen molar-refractivity contribution in [3.05, 3.63) is 64.4 Å². The minimum Gasteiger partial charge on any atom is -0.263 e. The lowest BCUT2D eigenvalue weighted by atomic mass is 9.79. The molecular formula is C16H16Br2ClN. The first-order valence-corrected chi connectivity index (χ1v) is 9.01. The molecule has 0 radical (unpaired) electrons. The van der Waals surface area contributed by atoms with E-state index < -0.39 is 0 Å². The summed E-state index contributed by atoms with van der Waals surface area (Å²) in [6, 6.07) is 10.7. The van der Waals surface area contributed by atoms with Gasteiger partial charge in [0.05, 0.1) is 5.02 Å². The quantitative estimate of drug-likeness (QED) is 0.601. The number of rotatable bonds is 5. The summed E-state index contributed by atoms with van der Waals surface area (Å²) in [6.07, 6.45) is 4.37. The van der Waals surface area contributed by atoms with Crippen LogP contribution in [0.4, 0.5) is 0 Å². The van der Waals surface area contributed by atoms with Gasteiger partial charge in [0.15, 0.2) is 0 Å². The van der Waals surface area contributed by atoms with Gasteiger partial charge in [0, 0.05) is 28.5 Å². The van der Waals surface area contributed by atoms with E-state index in [1.807, 2.05) is 6.07 Å². The summed E-state index contributed by atoms with van der Waals surface area (Å²) in [7, 11) is 0. The van der Waals surface area contributed by atoms with Gasteiger partial charge < -0.3 is 0 Å². The van der Waals surface area contributed by atoms with Gasteiger partial charge in [-0.15, -0.1) is 0 Å². The van der Waals surface area contributed by atoms with Crippen LogP contribution in [0.2, 0.25) is 5.02 Å². The van der Waals surface area contributed by atoms with Crippen LogP contribution in [0.25, 0.3) is 0 Å². The van der Waals surface area contributed by atoms with Crippen LogP contribution in [0.15, 0.2) is 42.7 Å². The van der Waals surface area contributed by atoms with E-state index in [2.05, 4.69) is 68.0 Å². The zero-order chi connectivity index (χ0) is 14.6. The molecule has 0 aliphatic heterocycles. The van der Waals surface area contributed by atoms with Gasteiger partial charge in [-0.1, -0.05) is 73.3 Å². The number of alkyl halides is 2. The molecular weight excluding hydrogens is 401 g/mol. The van der Waals surface area contributed by atoms with Gasteiger partial charge in [0.1, 0.15) is 0 Å². The number of hydrogen-bond acceptors (Lipinski definition) is 1. The molecule has 0 aliphatic carbocycles. The highest BCUT2D eigenvalue weighted by atomic mass is 79.9.